The lowest BCUT2D eigenvalue weighted by molar-refractivity contribution is -0.283. The van der Waals surface area contributed by atoms with Gasteiger partial charge >= 0.3 is 0 Å². The Morgan fingerprint density at radius 3 is 1.27 bits per heavy atom. The van der Waals surface area contributed by atoms with E-state index in [4.69, 9.17) is 24.6 Å². The number of anilines is 3. The maximum Gasteiger partial charge on any atom is 0.232 e. The molecule has 60 heavy (non-hydrogen) atoms. The highest BCUT2D eigenvalue weighted by Gasteiger charge is 2.49. The largest absolute Gasteiger partial charge is 0.341 e. The van der Waals surface area contributed by atoms with E-state index in [1.807, 2.05) is 0 Å². The summed E-state index contributed by atoms with van der Waals surface area (Å²) in [4.78, 5) is 36.7. The van der Waals surface area contributed by atoms with Crippen molar-refractivity contribution in [2.75, 3.05) is 67.2 Å². The highest BCUT2D eigenvalue weighted by atomic mass is 16.7. The number of unbranched alkanes of at least 4 members (excludes halogenated alkanes) is 7. The van der Waals surface area contributed by atoms with Crippen molar-refractivity contribution in [2.24, 2.45) is 0 Å². The Morgan fingerprint density at radius 1 is 0.483 bits per heavy atom. The van der Waals surface area contributed by atoms with Crippen LogP contribution in [0.3, 0.4) is 0 Å². The van der Waals surface area contributed by atoms with Crippen molar-refractivity contribution >= 4 is 17.8 Å². The second kappa shape index (κ2) is 25.5. The number of rotatable bonds is 30. The Morgan fingerprint density at radius 2 is 0.867 bits per heavy atom. The summed E-state index contributed by atoms with van der Waals surface area (Å²) in [6.07, 6.45) is 20.1. The average molecular weight is 844 g/mol. The van der Waals surface area contributed by atoms with Crippen LogP contribution in [0.5, 0.6) is 0 Å². The molecule has 2 aliphatic rings. The molecule has 2 fully saturated rings. The van der Waals surface area contributed by atoms with Crippen LogP contribution in [0.4, 0.5) is 17.8 Å². The molecule has 350 valence electrons. The molecule has 0 radical (unpaired) electrons. The second-order valence-electron chi connectivity index (χ2n) is 20.9. The van der Waals surface area contributed by atoms with Gasteiger partial charge in [0.15, 0.2) is 0 Å². The van der Waals surface area contributed by atoms with Crippen molar-refractivity contribution in [1.29, 1.82) is 0 Å². The molecule has 0 aromatic carbocycles. The zero-order valence-corrected chi connectivity index (χ0v) is 41.9. The third kappa shape index (κ3) is 15.8. The van der Waals surface area contributed by atoms with E-state index in [2.05, 4.69) is 127 Å². The highest BCUT2D eigenvalue weighted by molar-refractivity contribution is 5.47. The first kappa shape index (κ1) is 52.6. The van der Waals surface area contributed by atoms with Crippen LogP contribution < -0.4 is 20.0 Å². The summed E-state index contributed by atoms with van der Waals surface area (Å²) in [5.74, 6) is 2.59. The van der Waals surface area contributed by atoms with E-state index < -0.39 is 0 Å². The molecule has 0 spiro atoms. The third-order valence-electron chi connectivity index (χ3n) is 12.8. The van der Waals surface area contributed by atoms with Crippen molar-refractivity contribution in [1.82, 2.24) is 30.4 Å². The number of nitrogens with zero attached hydrogens (tertiary/aromatic N) is 8. The molecule has 2 aliphatic heterocycles. The van der Waals surface area contributed by atoms with Gasteiger partial charge in [-0.15, -0.1) is 0 Å². The van der Waals surface area contributed by atoms with Crippen molar-refractivity contribution in [2.45, 2.75) is 247 Å². The zero-order valence-electron chi connectivity index (χ0n) is 41.9. The molecule has 2 saturated heterocycles. The first-order chi connectivity index (χ1) is 28.5. The molecule has 0 saturated carbocycles. The Labute approximate surface area is 370 Å². The molecule has 11 heteroatoms. The fourth-order valence-corrected chi connectivity index (χ4v) is 10.2. The summed E-state index contributed by atoms with van der Waals surface area (Å²) in [6.45, 7) is 39.8. The molecule has 11 nitrogen and oxygen atoms in total. The van der Waals surface area contributed by atoms with Gasteiger partial charge in [-0.25, -0.2) is 0 Å². The Hall–Kier alpha value is -1.79. The predicted molar refractivity (Wildman–Crippen MR) is 256 cm³/mol. The molecule has 0 aliphatic carbocycles. The maximum absolute atomic E-state index is 6.52. The lowest BCUT2D eigenvalue weighted by atomic mass is 9.78. The SMILES string of the molecule is CCCCN(CCCC)c1nc(N(CCCC)CCCC)nc(N(CCCCCCNC2CC(C)(C)N(OCCC)C(C)(C)C2)C2CC(C)(C)N(OCCC)C(C)(C)C2)n1. The average Bonchev–Trinajstić information content (AvgIpc) is 3.17. The van der Waals surface area contributed by atoms with Gasteiger partial charge in [-0.3, -0.25) is 9.68 Å². The molecule has 0 amide bonds. The second-order valence-corrected chi connectivity index (χ2v) is 20.9. The van der Waals surface area contributed by atoms with Crippen molar-refractivity contribution in [3.63, 3.8) is 0 Å². The van der Waals surface area contributed by atoms with Crippen LogP contribution in [0.2, 0.25) is 0 Å². The first-order valence-corrected chi connectivity index (χ1v) is 25.1. The highest BCUT2D eigenvalue weighted by Crippen LogP contribution is 2.42. The van der Waals surface area contributed by atoms with Gasteiger partial charge in [0, 0.05) is 67.0 Å². The van der Waals surface area contributed by atoms with Crippen LogP contribution in [-0.2, 0) is 9.68 Å². The molecule has 0 bridgehead atoms. The number of hydrogen-bond donors (Lipinski definition) is 1. The molecule has 1 N–H and O–H groups in total. The number of nitrogens with one attached hydrogen (secondary N) is 1. The van der Waals surface area contributed by atoms with Crippen LogP contribution in [0, 0.1) is 0 Å². The third-order valence-corrected chi connectivity index (χ3v) is 12.8. The minimum Gasteiger partial charge on any atom is -0.341 e. The zero-order chi connectivity index (χ0) is 44.4. The van der Waals surface area contributed by atoms with Gasteiger partial charge < -0.3 is 20.0 Å². The number of hydrogen-bond acceptors (Lipinski definition) is 11. The standard InChI is InChI=1S/C49H97N9O2/c1-15-21-30-54(31-22-16-2)43-51-44(55(32-23-17-3)33-24-18-4)53-45(52-43)56(42-39-48(11,12)58(60-36-20-6)49(13,14)40-42)34-28-26-25-27-29-50-41-37-46(7,8)57(59-35-19-5)47(9,10)38-41/h41-42,50H,15-40H2,1-14H3. The van der Waals surface area contributed by atoms with Gasteiger partial charge in [0.05, 0.1) is 13.2 Å². The summed E-state index contributed by atoms with van der Waals surface area (Å²) in [5, 5.41) is 8.57. The monoisotopic (exact) mass is 844 g/mol. The van der Waals surface area contributed by atoms with Crippen LogP contribution >= 0.6 is 0 Å². The van der Waals surface area contributed by atoms with Crippen LogP contribution in [-0.4, -0.2) is 112 Å². The topological polar surface area (TPSA) is 85.4 Å². The smallest absolute Gasteiger partial charge is 0.232 e. The predicted octanol–water partition coefficient (Wildman–Crippen LogP) is 11.4. The quantitative estimate of drug-likeness (QED) is 0.0751. The molecule has 0 atom stereocenters. The van der Waals surface area contributed by atoms with E-state index >= 15 is 0 Å². The van der Waals surface area contributed by atoms with Gasteiger partial charge in [0.1, 0.15) is 0 Å². The first-order valence-electron chi connectivity index (χ1n) is 25.1. The van der Waals surface area contributed by atoms with Crippen molar-refractivity contribution in [3.05, 3.63) is 0 Å². The van der Waals surface area contributed by atoms with Gasteiger partial charge in [-0.1, -0.05) is 80.1 Å². The normalized spacial score (nSPS) is 19.5. The fourth-order valence-electron chi connectivity index (χ4n) is 10.2. The molecule has 1 aromatic rings. The van der Waals surface area contributed by atoms with E-state index in [0.717, 1.165) is 167 Å². The minimum absolute atomic E-state index is 0.000275. The van der Waals surface area contributed by atoms with Crippen molar-refractivity contribution in [3.8, 4) is 0 Å². The van der Waals surface area contributed by atoms with E-state index in [9.17, 15) is 0 Å². The van der Waals surface area contributed by atoms with Crippen LogP contribution in [0.15, 0.2) is 0 Å². The minimum atomic E-state index is -0.145. The summed E-state index contributed by atoms with van der Waals surface area (Å²) in [5.41, 5.74) is -0.289. The maximum atomic E-state index is 6.52. The lowest BCUT2D eigenvalue weighted by Crippen LogP contribution is -2.64. The van der Waals surface area contributed by atoms with Crippen molar-refractivity contribution < 1.29 is 9.68 Å². The number of aromatic nitrogens is 3. The van der Waals surface area contributed by atoms with Crippen LogP contribution in [0.1, 0.15) is 213 Å². The molecule has 0 unspecified atom stereocenters. The van der Waals surface area contributed by atoms with E-state index in [0.29, 0.717) is 6.04 Å². The fraction of sp³-hybridized carbons (Fsp3) is 0.939. The van der Waals surface area contributed by atoms with E-state index in [1.165, 1.54) is 19.3 Å². The Bertz CT molecular complexity index is 1230. The van der Waals surface area contributed by atoms with Gasteiger partial charge in [-0.2, -0.15) is 25.1 Å². The molecule has 3 heterocycles. The lowest BCUT2D eigenvalue weighted by Gasteiger charge is -2.55. The van der Waals surface area contributed by atoms with Crippen LogP contribution in [0.25, 0.3) is 0 Å². The summed E-state index contributed by atoms with van der Waals surface area (Å²) in [7, 11) is 0. The number of hydroxylamine groups is 4. The van der Waals surface area contributed by atoms with E-state index in [1.54, 1.807) is 0 Å². The summed E-state index contributed by atoms with van der Waals surface area (Å²) in [6, 6.07) is 0.779. The van der Waals surface area contributed by atoms with Gasteiger partial charge in [0.2, 0.25) is 17.8 Å². The summed E-state index contributed by atoms with van der Waals surface area (Å²) >= 11 is 0. The Balaban J connectivity index is 1.90. The molecule has 1 aromatic heterocycles. The van der Waals surface area contributed by atoms with Gasteiger partial charge in [-0.05, 0) is 139 Å². The summed E-state index contributed by atoms with van der Waals surface area (Å²) < 4.78 is 0. The number of piperidine rings is 2. The van der Waals surface area contributed by atoms with E-state index in [-0.39, 0.29) is 28.2 Å². The molecular weight excluding hydrogens is 747 g/mol. The molecular formula is C49H97N9O2. The Kier molecular flexibility index (Phi) is 22.3. The molecule has 3 rings (SSSR count). The van der Waals surface area contributed by atoms with Gasteiger partial charge in [0.25, 0.3) is 0 Å².